The Morgan fingerprint density at radius 2 is 2.36 bits per heavy atom. The molecule has 0 saturated heterocycles. The van der Waals surface area contributed by atoms with Crippen molar-refractivity contribution in [2.24, 2.45) is 0 Å². The number of H-pyrrole nitrogens is 2. The van der Waals surface area contributed by atoms with Crippen LogP contribution in [-0.4, -0.2) is 15.0 Å². The highest BCUT2D eigenvalue weighted by Gasteiger charge is 1.98. The highest BCUT2D eigenvalue weighted by atomic mass is 14.9. The second kappa shape index (κ2) is 2.27. The van der Waals surface area contributed by atoms with Crippen molar-refractivity contribution in [2.75, 3.05) is 0 Å². The van der Waals surface area contributed by atoms with Crippen LogP contribution in [0.2, 0.25) is 0 Å². The molecule has 0 saturated carbocycles. The van der Waals surface area contributed by atoms with E-state index < -0.39 is 0 Å². The van der Waals surface area contributed by atoms with Crippen LogP contribution in [0.25, 0.3) is 11.3 Å². The molecule has 0 aliphatic rings. The molecule has 3 heteroatoms. The molecule has 56 valence electrons. The summed E-state index contributed by atoms with van der Waals surface area (Å²) < 4.78 is 0. The Morgan fingerprint density at radius 3 is 2.91 bits per heavy atom. The SMILES string of the molecule is Cc1ncc(-c2cc[nH]c2)[nH]1. The molecule has 0 radical (unpaired) electrons. The van der Waals surface area contributed by atoms with Gasteiger partial charge in [-0.15, -0.1) is 0 Å². The fourth-order valence-electron chi connectivity index (χ4n) is 1.06. The van der Waals surface area contributed by atoms with Gasteiger partial charge in [0.1, 0.15) is 5.82 Å². The quantitative estimate of drug-likeness (QED) is 0.633. The number of rotatable bonds is 1. The Morgan fingerprint density at radius 1 is 1.45 bits per heavy atom. The van der Waals surface area contributed by atoms with Crippen LogP contribution in [0.5, 0.6) is 0 Å². The Kier molecular flexibility index (Phi) is 1.28. The van der Waals surface area contributed by atoms with Crippen molar-refractivity contribution in [3.63, 3.8) is 0 Å². The van der Waals surface area contributed by atoms with Gasteiger partial charge in [-0.05, 0) is 13.0 Å². The lowest BCUT2D eigenvalue weighted by Gasteiger charge is -1.87. The fourth-order valence-corrected chi connectivity index (χ4v) is 1.06. The Labute approximate surface area is 64.5 Å². The summed E-state index contributed by atoms with van der Waals surface area (Å²) in [4.78, 5) is 10.2. The zero-order valence-electron chi connectivity index (χ0n) is 6.26. The molecule has 0 spiro atoms. The summed E-state index contributed by atoms with van der Waals surface area (Å²) in [6.07, 6.45) is 5.66. The molecule has 2 rings (SSSR count). The third-order valence-electron chi connectivity index (χ3n) is 1.61. The molecule has 2 aromatic rings. The predicted molar refractivity (Wildman–Crippen MR) is 43.1 cm³/mol. The van der Waals surface area contributed by atoms with Gasteiger partial charge >= 0.3 is 0 Å². The van der Waals surface area contributed by atoms with Crippen LogP contribution < -0.4 is 0 Å². The molecule has 0 atom stereocenters. The summed E-state index contributed by atoms with van der Waals surface area (Å²) in [6.45, 7) is 1.94. The molecular weight excluding hydrogens is 138 g/mol. The number of nitrogens with one attached hydrogen (secondary N) is 2. The van der Waals surface area contributed by atoms with Gasteiger partial charge in [0.25, 0.3) is 0 Å². The first-order chi connectivity index (χ1) is 5.36. The van der Waals surface area contributed by atoms with Crippen LogP contribution in [0.1, 0.15) is 5.82 Å². The molecule has 0 unspecified atom stereocenters. The standard InChI is InChI=1S/C8H9N3/c1-6-10-5-8(11-6)7-2-3-9-4-7/h2-5,9H,1H3,(H,10,11). The lowest BCUT2D eigenvalue weighted by Crippen LogP contribution is -1.73. The van der Waals surface area contributed by atoms with E-state index in [4.69, 9.17) is 0 Å². The first-order valence-corrected chi connectivity index (χ1v) is 3.51. The van der Waals surface area contributed by atoms with E-state index in [1.54, 1.807) is 0 Å². The minimum Gasteiger partial charge on any atom is -0.367 e. The molecule has 2 aromatic heterocycles. The number of hydrogen-bond donors (Lipinski definition) is 2. The molecule has 0 amide bonds. The highest BCUT2D eigenvalue weighted by Crippen LogP contribution is 2.14. The van der Waals surface area contributed by atoms with Gasteiger partial charge in [0, 0.05) is 18.0 Å². The monoisotopic (exact) mass is 147 g/mol. The van der Waals surface area contributed by atoms with E-state index in [1.807, 2.05) is 31.6 Å². The minimum atomic E-state index is 0.946. The van der Waals surface area contributed by atoms with Crippen molar-refractivity contribution < 1.29 is 0 Å². The number of hydrogen-bond acceptors (Lipinski definition) is 1. The summed E-state index contributed by atoms with van der Waals surface area (Å²) in [6, 6.07) is 2.01. The van der Waals surface area contributed by atoms with Gasteiger partial charge < -0.3 is 9.97 Å². The van der Waals surface area contributed by atoms with Gasteiger partial charge in [0.2, 0.25) is 0 Å². The zero-order valence-corrected chi connectivity index (χ0v) is 6.26. The van der Waals surface area contributed by atoms with Gasteiger partial charge in [-0.3, -0.25) is 0 Å². The number of aromatic amines is 2. The minimum absolute atomic E-state index is 0.946. The maximum atomic E-state index is 4.10. The van der Waals surface area contributed by atoms with Gasteiger partial charge in [0.15, 0.2) is 0 Å². The van der Waals surface area contributed by atoms with Crippen LogP contribution in [-0.2, 0) is 0 Å². The molecule has 0 aliphatic heterocycles. The second-order valence-electron chi connectivity index (χ2n) is 2.48. The summed E-state index contributed by atoms with van der Waals surface area (Å²) in [5, 5.41) is 0. The summed E-state index contributed by atoms with van der Waals surface area (Å²) >= 11 is 0. The number of aryl methyl sites for hydroxylation is 1. The molecule has 2 heterocycles. The van der Waals surface area contributed by atoms with Gasteiger partial charge in [-0.1, -0.05) is 0 Å². The summed E-state index contributed by atoms with van der Waals surface area (Å²) in [7, 11) is 0. The van der Waals surface area contributed by atoms with Crippen molar-refractivity contribution in [1.29, 1.82) is 0 Å². The molecule has 0 aliphatic carbocycles. The second-order valence-corrected chi connectivity index (χ2v) is 2.48. The average Bonchev–Trinajstić information content (AvgIpc) is 2.55. The molecule has 0 bridgehead atoms. The largest absolute Gasteiger partial charge is 0.367 e. The third-order valence-corrected chi connectivity index (χ3v) is 1.61. The van der Waals surface area contributed by atoms with E-state index in [2.05, 4.69) is 15.0 Å². The van der Waals surface area contributed by atoms with Crippen molar-refractivity contribution >= 4 is 0 Å². The van der Waals surface area contributed by atoms with Gasteiger partial charge in [-0.2, -0.15) is 0 Å². The van der Waals surface area contributed by atoms with E-state index in [0.29, 0.717) is 0 Å². The van der Waals surface area contributed by atoms with E-state index in [1.165, 1.54) is 0 Å². The van der Waals surface area contributed by atoms with Crippen molar-refractivity contribution in [1.82, 2.24) is 15.0 Å². The van der Waals surface area contributed by atoms with Crippen LogP contribution in [0, 0.1) is 6.92 Å². The third kappa shape index (κ3) is 1.05. The molecule has 0 fully saturated rings. The fraction of sp³-hybridized carbons (Fsp3) is 0.125. The molecule has 3 nitrogen and oxygen atoms in total. The van der Waals surface area contributed by atoms with Crippen LogP contribution in [0.4, 0.5) is 0 Å². The van der Waals surface area contributed by atoms with Crippen molar-refractivity contribution in [3.8, 4) is 11.3 Å². The Hall–Kier alpha value is -1.51. The molecule has 2 N–H and O–H groups in total. The number of aromatic nitrogens is 3. The molecular formula is C8H9N3. The normalized spacial score (nSPS) is 10.3. The number of imidazole rings is 1. The smallest absolute Gasteiger partial charge is 0.103 e. The topological polar surface area (TPSA) is 44.5 Å². The van der Waals surface area contributed by atoms with E-state index >= 15 is 0 Å². The summed E-state index contributed by atoms with van der Waals surface area (Å²) in [5.41, 5.74) is 2.20. The zero-order chi connectivity index (χ0) is 7.68. The van der Waals surface area contributed by atoms with Gasteiger partial charge in [0.05, 0.1) is 11.9 Å². The van der Waals surface area contributed by atoms with E-state index in [-0.39, 0.29) is 0 Å². The van der Waals surface area contributed by atoms with E-state index in [0.717, 1.165) is 17.1 Å². The van der Waals surface area contributed by atoms with Crippen molar-refractivity contribution in [2.45, 2.75) is 6.92 Å². The van der Waals surface area contributed by atoms with E-state index in [9.17, 15) is 0 Å². The molecule has 0 aromatic carbocycles. The van der Waals surface area contributed by atoms with Gasteiger partial charge in [-0.25, -0.2) is 4.98 Å². The summed E-state index contributed by atoms with van der Waals surface area (Å²) in [5.74, 6) is 0.946. The maximum Gasteiger partial charge on any atom is 0.103 e. The van der Waals surface area contributed by atoms with Crippen molar-refractivity contribution in [3.05, 3.63) is 30.5 Å². The lowest BCUT2D eigenvalue weighted by atomic mass is 10.3. The predicted octanol–water partition coefficient (Wildman–Crippen LogP) is 1.71. The first kappa shape index (κ1) is 6.22. The maximum absolute atomic E-state index is 4.10. The van der Waals surface area contributed by atoms with Crippen LogP contribution in [0.3, 0.4) is 0 Å². The Balaban J connectivity index is 2.45. The van der Waals surface area contributed by atoms with Crippen LogP contribution >= 0.6 is 0 Å². The number of nitrogens with zero attached hydrogens (tertiary/aromatic N) is 1. The lowest BCUT2D eigenvalue weighted by molar-refractivity contribution is 1.15. The molecule has 11 heavy (non-hydrogen) atoms. The highest BCUT2D eigenvalue weighted by molar-refractivity contribution is 5.56. The first-order valence-electron chi connectivity index (χ1n) is 3.51. The average molecular weight is 147 g/mol. The van der Waals surface area contributed by atoms with Crippen LogP contribution in [0.15, 0.2) is 24.7 Å². The Bertz CT molecular complexity index is 332.